The molecular formula is C24H23N3O5S3. The van der Waals surface area contributed by atoms with Gasteiger partial charge in [0.05, 0.1) is 32.3 Å². The first-order valence-electron chi connectivity index (χ1n) is 10.7. The van der Waals surface area contributed by atoms with Crippen molar-refractivity contribution in [1.82, 2.24) is 9.97 Å². The third kappa shape index (κ3) is 6.11. The Morgan fingerprint density at radius 3 is 2.43 bits per heavy atom. The van der Waals surface area contributed by atoms with E-state index in [0.29, 0.717) is 15.3 Å². The molecule has 0 spiro atoms. The maximum Gasteiger partial charge on any atom is 0.229 e. The molecule has 2 heterocycles. The van der Waals surface area contributed by atoms with E-state index in [1.807, 2.05) is 6.07 Å². The van der Waals surface area contributed by atoms with Crippen molar-refractivity contribution in [2.45, 2.75) is 29.2 Å². The third-order valence-electron chi connectivity index (χ3n) is 5.28. The average Bonchev–Trinajstić information content (AvgIpc) is 3.26. The molecule has 4 rings (SSSR count). The van der Waals surface area contributed by atoms with Crippen molar-refractivity contribution < 1.29 is 21.6 Å². The van der Waals surface area contributed by atoms with Crippen molar-refractivity contribution in [3.63, 3.8) is 0 Å². The van der Waals surface area contributed by atoms with Gasteiger partial charge in [-0.25, -0.2) is 21.8 Å². The lowest BCUT2D eigenvalue weighted by Crippen LogP contribution is -2.30. The van der Waals surface area contributed by atoms with E-state index in [1.165, 1.54) is 34.4 Å². The van der Waals surface area contributed by atoms with E-state index in [0.717, 1.165) is 11.8 Å². The van der Waals surface area contributed by atoms with Crippen molar-refractivity contribution in [2.75, 3.05) is 16.9 Å². The molecule has 4 aromatic rings. The average molecular weight is 530 g/mol. The highest BCUT2D eigenvalue weighted by Crippen LogP contribution is 2.32. The Balaban J connectivity index is 1.57. The van der Waals surface area contributed by atoms with Crippen molar-refractivity contribution >= 4 is 52.3 Å². The second-order valence-electron chi connectivity index (χ2n) is 7.97. The minimum absolute atomic E-state index is 0.0108. The summed E-state index contributed by atoms with van der Waals surface area (Å²) >= 11 is 1.21. The highest BCUT2D eigenvalue weighted by Gasteiger charge is 2.22. The minimum atomic E-state index is -3.50. The van der Waals surface area contributed by atoms with Gasteiger partial charge in [-0.1, -0.05) is 35.6 Å². The Kier molecular flexibility index (Phi) is 7.29. The number of pyridine rings is 1. The summed E-state index contributed by atoms with van der Waals surface area (Å²) in [6.45, 7) is 0.205. The topological polar surface area (TPSA) is 114 Å². The van der Waals surface area contributed by atoms with Gasteiger partial charge in [0.25, 0.3) is 0 Å². The molecule has 0 aliphatic heterocycles. The van der Waals surface area contributed by atoms with Gasteiger partial charge >= 0.3 is 0 Å². The van der Waals surface area contributed by atoms with E-state index in [-0.39, 0.29) is 40.8 Å². The quantitative estimate of drug-likeness (QED) is 0.323. The molecule has 1 amide bonds. The summed E-state index contributed by atoms with van der Waals surface area (Å²) in [5, 5.41) is 0.408. The number of carbonyl (C=O) groups is 1. The van der Waals surface area contributed by atoms with Gasteiger partial charge in [0.1, 0.15) is 0 Å². The summed E-state index contributed by atoms with van der Waals surface area (Å²) in [4.78, 5) is 23.8. The number of sulfone groups is 2. The lowest BCUT2D eigenvalue weighted by atomic mass is 10.2. The molecule has 0 N–H and O–H groups in total. The fourth-order valence-electron chi connectivity index (χ4n) is 3.47. The molecule has 11 heteroatoms. The molecule has 0 saturated heterocycles. The van der Waals surface area contributed by atoms with Crippen molar-refractivity contribution in [1.29, 1.82) is 0 Å². The largest absolute Gasteiger partial charge is 0.284 e. The van der Waals surface area contributed by atoms with Gasteiger partial charge in [0, 0.05) is 25.1 Å². The highest BCUT2D eigenvalue weighted by molar-refractivity contribution is 7.91. The minimum Gasteiger partial charge on any atom is -0.284 e. The number of carbonyl (C=O) groups excluding carboxylic acids is 1. The number of hydrogen-bond acceptors (Lipinski definition) is 8. The van der Waals surface area contributed by atoms with Gasteiger partial charge < -0.3 is 0 Å². The standard InChI is InChI=1S/C24H23N3O5S3/c1-34(29,30)20-11-12-21-22(15-20)33-24(26-21)27(17-18-7-5-13-25-16-18)23(28)10-6-14-35(31,32)19-8-3-2-4-9-19/h2-5,7-9,11-13,15-16H,6,10,14,17H2,1H3. The van der Waals surface area contributed by atoms with Gasteiger partial charge in [-0.05, 0) is 48.4 Å². The van der Waals surface area contributed by atoms with E-state index >= 15 is 0 Å². The molecule has 0 saturated carbocycles. The van der Waals surface area contributed by atoms with Crippen LogP contribution in [0, 0.1) is 0 Å². The fraction of sp³-hybridized carbons (Fsp3) is 0.208. The van der Waals surface area contributed by atoms with E-state index in [9.17, 15) is 21.6 Å². The second kappa shape index (κ2) is 10.2. The van der Waals surface area contributed by atoms with Crippen molar-refractivity contribution in [2.24, 2.45) is 0 Å². The molecule has 0 atom stereocenters. The van der Waals surface area contributed by atoms with Crippen LogP contribution < -0.4 is 4.90 Å². The Morgan fingerprint density at radius 1 is 0.971 bits per heavy atom. The molecule has 2 aromatic carbocycles. The number of anilines is 1. The van der Waals surface area contributed by atoms with Crippen LogP contribution in [-0.2, 0) is 31.0 Å². The number of rotatable bonds is 9. The Labute approximate surface area is 208 Å². The maximum atomic E-state index is 13.3. The first kappa shape index (κ1) is 25.0. The first-order chi connectivity index (χ1) is 16.6. The molecular weight excluding hydrogens is 506 g/mol. The Hall–Kier alpha value is -3.15. The molecule has 0 fully saturated rings. The van der Waals surface area contributed by atoms with E-state index < -0.39 is 19.7 Å². The second-order valence-corrected chi connectivity index (χ2v) is 13.1. The molecule has 35 heavy (non-hydrogen) atoms. The van der Waals surface area contributed by atoms with Crippen molar-refractivity contribution in [3.05, 3.63) is 78.6 Å². The van der Waals surface area contributed by atoms with Gasteiger partial charge in [-0.15, -0.1) is 0 Å². The maximum absolute atomic E-state index is 13.3. The summed E-state index contributed by atoms with van der Waals surface area (Å²) in [6, 6.07) is 16.4. The zero-order valence-electron chi connectivity index (χ0n) is 18.9. The summed E-state index contributed by atoms with van der Waals surface area (Å²) in [5.41, 5.74) is 1.36. The zero-order chi connectivity index (χ0) is 25.1. The number of fused-ring (bicyclic) bond motifs is 1. The van der Waals surface area contributed by atoms with Crippen LogP contribution >= 0.6 is 11.3 Å². The molecule has 0 unspecified atom stereocenters. The van der Waals surface area contributed by atoms with Crippen LogP contribution in [-0.4, -0.2) is 44.7 Å². The SMILES string of the molecule is CS(=O)(=O)c1ccc2nc(N(Cc3cccnc3)C(=O)CCCS(=O)(=O)c3ccccc3)sc2c1. The Bertz CT molecular complexity index is 1550. The normalized spacial score (nSPS) is 12.0. The van der Waals surface area contributed by atoms with Crippen LogP contribution in [0.3, 0.4) is 0 Å². The Morgan fingerprint density at radius 2 is 1.74 bits per heavy atom. The van der Waals surface area contributed by atoms with Gasteiger partial charge in [0.2, 0.25) is 5.91 Å². The van der Waals surface area contributed by atoms with Crippen LogP contribution in [0.2, 0.25) is 0 Å². The van der Waals surface area contributed by atoms with Crippen LogP contribution in [0.1, 0.15) is 18.4 Å². The van der Waals surface area contributed by atoms with Crippen LogP contribution in [0.15, 0.2) is 82.8 Å². The van der Waals surface area contributed by atoms with Crippen LogP contribution in [0.25, 0.3) is 10.2 Å². The number of hydrogen-bond donors (Lipinski definition) is 0. The lowest BCUT2D eigenvalue weighted by Gasteiger charge is -2.20. The molecule has 0 aliphatic carbocycles. The molecule has 0 aliphatic rings. The number of amides is 1. The summed E-state index contributed by atoms with van der Waals surface area (Å²) in [6.07, 6.45) is 4.58. The molecule has 8 nitrogen and oxygen atoms in total. The number of aromatic nitrogens is 2. The van der Waals surface area contributed by atoms with Gasteiger partial charge in [-0.2, -0.15) is 0 Å². The number of nitrogens with zero attached hydrogens (tertiary/aromatic N) is 3. The molecule has 2 aromatic heterocycles. The lowest BCUT2D eigenvalue weighted by molar-refractivity contribution is -0.118. The molecule has 0 radical (unpaired) electrons. The first-order valence-corrected chi connectivity index (χ1v) is 15.1. The van der Waals surface area contributed by atoms with Crippen LogP contribution in [0.5, 0.6) is 0 Å². The highest BCUT2D eigenvalue weighted by atomic mass is 32.2. The summed E-state index contributed by atoms with van der Waals surface area (Å²) in [5.74, 6) is -0.430. The number of thiazole rings is 1. The predicted octanol–water partition coefficient (Wildman–Crippen LogP) is 3.88. The summed E-state index contributed by atoms with van der Waals surface area (Å²) in [7, 11) is -6.88. The number of benzene rings is 2. The molecule has 0 bridgehead atoms. The van der Waals surface area contributed by atoms with Crippen LogP contribution in [0.4, 0.5) is 5.13 Å². The van der Waals surface area contributed by atoms with Crippen molar-refractivity contribution in [3.8, 4) is 0 Å². The van der Waals surface area contributed by atoms with Gasteiger partial charge in [-0.3, -0.25) is 14.7 Å². The third-order valence-corrected chi connectivity index (χ3v) is 9.25. The van der Waals surface area contributed by atoms with E-state index in [4.69, 9.17) is 0 Å². The smallest absolute Gasteiger partial charge is 0.229 e. The predicted molar refractivity (Wildman–Crippen MR) is 136 cm³/mol. The summed E-state index contributed by atoms with van der Waals surface area (Å²) < 4.78 is 49.7. The zero-order valence-corrected chi connectivity index (χ0v) is 21.3. The fourth-order valence-corrected chi connectivity index (χ4v) is 6.54. The van der Waals surface area contributed by atoms with Gasteiger partial charge in [0.15, 0.2) is 24.8 Å². The van der Waals surface area contributed by atoms with E-state index in [2.05, 4.69) is 9.97 Å². The monoisotopic (exact) mass is 529 g/mol. The van der Waals surface area contributed by atoms with E-state index in [1.54, 1.807) is 48.8 Å². The molecule has 182 valence electrons.